The van der Waals surface area contributed by atoms with Gasteiger partial charge in [-0.05, 0) is 45.0 Å². The van der Waals surface area contributed by atoms with Gasteiger partial charge in [-0.1, -0.05) is 11.6 Å². The molecular weight excluding hydrogens is 348 g/mol. The highest BCUT2D eigenvalue weighted by Crippen LogP contribution is 2.24. The average Bonchev–Trinajstić information content (AvgIpc) is 2.89. The molecule has 0 aliphatic heterocycles. The third-order valence-corrected chi connectivity index (χ3v) is 4.09. The molecule has 0 radical (unpaired) electrons. The number of thiophene rings is 1. The van der Waals surface area contributed by atoms with Crippen molar-refractivity contribution in [1.29, 1.82) is 0 Å². The molecule has 0 saturated carbocycles. The number of anilines is 1. The highest BCUT2D eigenvalue weighted by Gasteiger charge is 2.17. The van der Waals surface area contributed by atoms with Gasteiger partial charge in [-0.3, -0.25) is 9.59 Å². The molecule has 7 heteroatoms. The van der Waals surface area contributed by atoms with Crippen molar-refractivity contribution in [3.05, 3.63) is 45.8 Å². The molecule has 2 aromatic rings. The Morgan fingerprint density at radius 2 is 1.96 bits per heavy atom. The summed E-state index contributed by atoms with van der Waals surface area (Å²) in [6.07, 6.45) is -0.00614. The predicted octanol–water partition coefficient (Wildman–Crippen LogP) is 3.82. The molecule has 0 fully saturated rings. The van der Waals surface area contributed by atoms with Gasteiger partial charge >= 0.3 is 0 Å². The maximum atomic E-state index is 12.1. The molecule has 0 aliphatic carbocycles. The molecule has 1 aromatic heterocycles. The average molecular weight is 367 g/mol. The molecule has 0 unspecified atom stereocenters. The monoisotopic (exact) mass is 366 g/mol. The quantitative estimate of drug-likeness (QED) is 0.769. The molecule has 0 bridgehead atoms. The Morgan fingerprint density at radius 1 is 1.25 bits per heavy atom. The number of halogens is 1. The third kappa shape index (κ3) is 5.25. The lowest BCUT2D eigenvalue weighted by molar-refractivity contribution is -0.115. The maximum Gasteiger partial charge on any atom is 0.252 e. The molecule has 5 nitrogen and oxygen atoms in total. The van der Waals surface area contributed by atoms with Gasteiger partial charge in [0.2, 0.25) is 5.91 Å². The zero-order valence-electron chi connectivity index (χ0n) is 13.6. The van der Waals surface area contributed by atoms with Crippen molar-refractivity contribution in [3.63, 3.8) is 0 Å². The minimum atomic E-state index is -0.327. The Bertz CT molecular complexity index is 765. The van der Waals surface area contributed by atoms with E-state index >= 15 is 0 Å². The first-order valence-corrected chi connectivity index (χ1v) is 8.58. The van der Waals surface area contributed by atoms with Gasteiger partial charge in [-0.15, -0.1) is 11.3 Å². The summed E-state index contributed by atoms with van der Waals surface area (Å²) in [5.74, 6) is -0.463. The highest BCUT2D eigenvalue weighted by atomic mass is 35.5. The summed E-state index contributed by atoms with van der Waals surface area (Å²) >= 11 is 7.13. The van der Waals surface area contributed by atoms with E-state index < -0.39 is 0 Å². The zero-order chi connectivity index (χ0) is 17.9. The Kier molecular flexibility index (Phi) is 5.51. The van der Waals surface area contributed by atoms with Gasteiger partial charge in [0.1, 0.15) is 5.75 Å². The Morgan fingerprint density at radius 3 is 2.62 bits per heavy atom. The van der Waals surface area contributed by atoms with Gasteiger partial charge in [0, 0.05) is 21.5 Å². The van der Waals surface area contributed by atoms with Gasteiger partial charge in [0.05, 0.1) is 17.0 Å². The fourth-order valence-electron chi connectivity index (χ4n) is 1.98. The topological polar surface area (TPSA) is 78.4 Å². The van der Waals surface area contributed by atoms with Crippen molar-refractivity contribution in [2.24, 2.45) is 0 Å². The zero-order valence-corrected chi connectivity index (χ0v) is 15.2. The van der Waals surface area contributed by atoms with Crippen LogP contribution in [-0.2, 0) is 11.2 Å². The summed E-state index contributed by atoms with van der Waals surface area (Å²) in [6, 6.07) is 6.18. The van der Waals surface area contributed by atoms with E-state index in [-0.39, 0.29) is 29.5 Å². The van der Waals surface area contributed by atoms with Crippen molar-refractivity contribution >= 4 is 39.8 Å². The van der Waals surface area contributed by atoms with Gasteiger partial charge in [-0.25, -0.2) is 0 Å². The maximum absolute atomic E-state index is 12.1. The molecule has 1 heterocycles. The molecule has 24 heavy (non-hydrogen) atoms. The molecule has 0 saturated heterocycles. The SMILES string of the molecule is CC(C)(C)NC(=O)c1csc(NC(=O)Cc2cc(Cl)ccc2O)c1. The molecule has 3 N–H and O–H groups in total. The van der Waals surface area contributed by atoms with Crippen molar-refractivity contribution in [2.45, 2.75) is 32.7 Å². The number of phenols is 1. The Hall–Kier alpha value is -2.05. The van der Waals surface area contributed by atoms with E-state index in [1.54, 1.807) is 23.6 Å². The first kappa shape index (κ1) is 18.3. The van der Waals surface area contributed by atoms with E-state index in [1.165, 1.54) is 17.4 Å². The van der Waals surface area contributed by atoms with Gasteiger partial charge in [-0.2, -0.15) is 0 Å². The Balaban J connectivity index is 2.00. The first-order chi connectivity index (χ1) is 11.1. The minimum Gasteiger partial charge on any atom is -0.508 e. The van der Waals surface area contributed by atoms with E-state index in [1.807, 2.05) is 20.8 Å². The van der Waals surface area contributed by atoms with Crippen molar-refractivity contribution in [1.82, 2.24) is 5.32 Å². The highest BCUT2D eigenvalue weighted by molar-refractivity contribution is 7.14. The number of hydrogen-bond donors (Lipinski definition) is 3. The minimum absolute atomic E-state index is 0.00614. The second-order valence-electron chi connectivity index (χ2n) is 6.40. The number of hydrogen-bond acceptors (Lipinski definition) is 4. The fraction of sp³-hybridized carbons (Fsp3) is 0.294. The number of rotatable bonds is 4. The van der Waals surface area contributed by atoms with Gasteiger partial charge < -0.3 is 15.7 Å². The van der Waals surface area contributed by atoms with Gasteiger partial charge in [0.15, 0.2) is 0 Å². The van der Waals surface area contributed by atoms with Crippen molar-refractivity contribution < 1.29 is 14.7 Å². The van der Waals surface area contributed by atoms with Crippen LogP contribution in [0, 0.1) is 0 Å². The molecule has 0 atom stereocenters. The molecule has 0 spiro atoms. The van der Waals surface area contributed by atoms with Crippen LogP contribution in [0.5, 0.6) is 5.75 Å². The normalized spacial score (nSPS) is 11.2. The van der Waals surface area contributed by atoms with Crippen LogP contribution < -0.4 is 10.6 Å². The first-order valence-electron chi connectivity index (χ1n) is 7.32. The van der Waals surface area contributed by atoms with Crippen molar-refractivity contribution in [2.75, 3.05) is 5.32 Å². The predicted molar refractivity (Wildman–Crippen MR) is 97.0 cm³/mol. The number of benzene rings is 1. The lowest BCUT2D eigenvalue weighted by Crippen LogP contribution is -2.40. The summed E-state index contributed by atoms with van der Waals surface area (Å²) < 4.78 is 0. The lowest BCUT2D eigenvalue weighted by atomic mass is 10.1. The van der Waals surface area contributed by atoms with Crippen LogP contribution in [-0.4, -0.2) is 22.5 Å². The largest absolute Gasteiger partial charge is 0.508 e. The molecule has 1 aromatic carbocycles. The molecule has 128 valence electrons. The van der Waals surface area contributed by atoms with E-state index in [4.69, 9.17) is 11.6 Å². The van der Waals surface area contributed by atoms with Crippen LogP contribution in [0.15, 0.2) is 29.6 Å². The van der Waals surface area contributed by atoms with Crippen LogP contribution in [0.1, 0.15) is 36.7 Å². The molecule has 2 amide bonds. The van der Waals surface area contributed by atoms with E-state index in [9.17, 15) is 14.7 Å². The lowest BCUT2D eigenvalue weighted by Gasteiger charge is -2.19. The standard InChI is InChI=1S/C17H19ClN2O3S/c1-17(2,3)20-16(23)11-8-15(24-9-11)19-14(22)7-10-6-12(18)4-5-13(10)21/h4-6,8-9,21H,7H2,1-3H3,(H,19,22)(H,20,23). The van der Waals surface area contributed by atoms with Crippen molar-refractivity contribution in [3.8, 4) is 5.75 Å². The molecule has 0 aliphatic rings. The Labute approximate surface area is 149 Å². The van der Waals surface area contributed by atoms with Crippen LogP contribution in [0.4, 0.5) is 5.00 Å². The van der Waals surface area contributed by atoms with E-state index in [0.717, 1.165) is 0 Å². The van der Waals surface area contributed by atoms with Crippen LogP contribution in [0.25, 0.3) is 0 Å². The van der Waals surface area contributed by atoms with Gasteiger partial charge in [0.25, 0.3) is 5.91 Å². The smallest absolute Gasteiger partial charge is 0.252 e. The number of aromatic hydroxyl groups is 1. The van der Waals surface area contributed by atoms with E-state index in [2.05, 4.69) is 10.6 Å². The van der Waals surface area contributed by atoms with E-state index in [0.29, 0.717) is 21.2 Å². The number of nitrogens with one attached hydrogen (secondary N) is 2. The molecular formula is C17H19ClN2O3S. The second kappa shape index (κ2) is 7.23. The van der Waals surface area contributed by atoms with Crippen LogP contribution >= 0.6 is 22.9 Å². The summed E-state index contributed by atoms with van der Waals surface area (Å²) in [5.41, 5.74) is 0.616. The number of amides is 2. The fourth-order valence-corrected chi connectivity index (χ4v) is 2.98. The summed E-state index contributed by atoms with van der Waals surface area (Å²) in [5, 5.41) is 18.0. The summed E-state index contributed by atoms with van der Waals surface area (Å²) in [6.45, 7) is 5.70. The number of carbonyl (C=O) groups excluding carboxylic acids is 2. The number of carbonyl (C=O) groups is 2. The summed E-state index contributed by atoms with van der Waals surface area (Å²) in [7, 11) is 0. The third-order valence-electron chi connectivity index (χ3n) is 3.01. The second-order valence-corrected chi connectivity index (χ2v) is 7.75. The molecule has 2 rings (SSSR count). The van der Waals surface area contributed by atoms with Crippen LogP contribution in [0.3, 0.4) is 0 Å². The number of phenolic OH excluding ortho intramolecular Hbond substituents is 1. The summed E-state index contributed by atoms with van der Waals surface area (Å²) in [4.78, 5) is 24.2. The van der Waals surface area contributed by atoms with Crippen LogP contribution in [0.2, 0.25) is 5.02 Å².